The minimum absolute atomic E-state index is 0.162. The number of phenols is 1. The molecule has 2 aromatic carbocycles. The normalized spacial score (nSPS) is 14.8. The van der Waals surface area contributed by atoms with E-state index in [2.05, 4.69) is 15.5 Å². The summed E-state index contributed by atoms with van der Waals surface area (Å²) in [5, 5.41) is 20.7. The summed E-state index contributed by atoms with van der Waals surface area (Å²) in [7, 11) is 0. The number of carbonyl (C=O) groups excluding carboxylic acids is 1. The Kier molecular flexibility index (Phi) is 4.86. The fourth-order valence-corrected chi connectivity index (χ4v) is 4.46. The predicted molar refractivity (Wildman–Crippen MR) is 122 cm³/mol. The number of benzene rings is 2. The minimum atomic E-state index is -0.831. The van der Waals surface area contributed by atoms with Crippen LogP contribution in [0.5, 0.6) is 17.4 Å². The lowest BCUT2D eigenvalue weighted by Crippen LogP contribution is -2.38. The number of amides is 1. The smallest absolute Gasteiger partial charge is 0.232 e. The molecule has 0 aliphatic carbocycles. The molecule has 0 bridgehead atoms. The summed E-state index contributed by atoms with van der Waals surface area (Å²) in [6, 6.07) is 18.4. The molecule has 0 saturated carbocycles. The highest BCUT2D eigenvalue weighted by Gasteiger charge is 2.44. The third-order valence-corrected chi connectivity index (χ3v) is 6.29. The molecular weight excluding hydrogens is 424 g/mol. The second kappa shape index (κ2) is 7.72. The van der Waals surface area contributed by atoms with Crippen LogP contribution < -0.4 is 10.1 Å². The molecule has 2 N–H and O–H groups in total. The first kappa shape index (κ1) is 20.1. The standard InChI is InChI=1S/C24H20N4O3S/c1-24(2,22(30)27-23-28-25-13-32-23)20-16-5-3-4-6-19(16)31-21-17(20)11-12-18(26-21)14-7-9-15(29)10-8-14/h3-13,20,29H,1-2H3,(H,27,28,30)/t20-/m0/s1. The number of phenolic OH excluding ortho intramolecular Hbond substituents is 1. The van der Waals surface area contributed by atoms with Gasteiger partial charge in [0.05, 0.1) is 11.1 Å². The van der Waals surface area contributed by atoms with Crippen molar-refractivity contribution in [3.05, 3.63) is 77.3 Å². The van der Waals surface area contributed by atoms with Gasteiger partial charge in [-0.3, -0.25) is 4.79 Å². The van der Waals surface area contributed by atoms with E-state index in [4.69, 9.17) is 9.72 Å². The van der Waals surface area contributed by atoms with E-state index in [1.54, 1.807) is 29.8 Å². The molecule has 8 heteroatoms. The topological polar surface area (TPSA) is 97.2 Å². The molecule has 160 valence electrons. The molecule has 0 radical (unpaired) electrons. The fraction of sp³-hybridized carbons (Fsp3) is 0.167. The maximum atomic E-state index is 13.3. The summed E-state index contributed by atoms with van der Waals surface area (Å²) in [6.07, 6.45) is 0. The summed E-state index contributed by atoms with van der Waals surface area (Å²) in [5.74, 6) is 0.898. The molecule has 1 atom stereocenters. The number of rotatable bonds is 4. The Morgan fingerprint density at radius 3 is 2.59 bits per heavy atom. The number of nitrogens with zero attached hydrogens (tertiary/aromatic N) is 3. The lowest BCUT2D eigenvalue weighted by atomic mass is 9.69. The average molecular weight is 445 g/mol. The van der Waals surface area contributed by atoms with E-state index in [0.717, 1.165) is 22.4 Å². The van der Waals surface area contributed by atoms with Crippen molar-refractivity contribution < 1.29 is 14.6 Å². The largest absolute Gasteiger partial charge is 0.508 e. The Hall–Kier alpha value is -3.78. The summed E-state index contributed by atoms with van der Waals surface area (Å²) in [5.41, 5.74) is 4.09. The van der Waals surface area contributed by atoms with Gasteiger partial charge in [0.2, 0.25) is 16.9 Å². The molecule has 5 rings (SSSR count). The van der Waals surface area contributed by atoms with Crippen LogP contribution in [0.15, 0.2) is 66.2 Å². The number of ether oxygens (including phenoxy) is 1. The molecule has 0 spiro atoms. The summed E-state index contributed by atoms with van der Waals surface area (Å²) < 4.78 is 6.16. The number of carbonyl (C=O) groups is 1. The Balaban J connectivity index is 1.58. The third kappa shape index (κ3) is 3.48. The van der Waals surface area contributed by atoms with Gasteiger partial charge in [-0.05, 0) is 36.4 Å². The lowest BCUT2D eigenvalue weighted by molar-refractivity contribution is -0.124. The van der Waals surface area contributed by atoms with E-state index < -0.39 is 5.41 Å². The first-order valence-electron chi connectivity index (χ1n) is 10.1. The molecule has 1 aliphatic heterocycles. The molecule has 4 aromatic rings. The van der Waals surface area contributed by atoms with E-state index in [1.807, 2.05) is 50.2 Å². The van der Waals surface area contributed by atoms with Gasteiger partial charge in [-0.1, -0.05) is 49.4 Å². The Labute approximate surface area is 188 Å². The van der Waals surface area contributed by atoms with Crippen LogP contribution >= 0.6 is 11.3 Å². The monoisotopic (exact) mass is 444 g/mol. The minimum Gasteiger partial charge on any atom is -0.508 e. The molecule has 1 amide bonds. The number of fused-ring (bicyclic) bond motifs is 2. The SMILES string of the molecule is CC(C)(C(=O)Nc1nncs1)[C@H]1c2ccccc2Oc2nc(-c3ccc(O)cc3)ccc21. The zero-order valence-electron chi connectivity index (χ0n) is 17.4. The first-order valence-corrected chi connectivity index (χ1v) is 11.0. The van der Waals surface area contributed by atoms with Gasteiger partial charge in [-0.2, -0.15) is 0 Å². The van der Waals surface area contributed by atoms with Crippen LogP contribution in [0.2, 0.25) is 0 Å². The lowest BCUT2D eigenvalue weighted by Gasteiger charge is -2.37. The van der Waals surface area contributed by atoms with Gasteiger partial charge < -0.3 is 15.2 Å². The van der Waals surface area contributed by atoms with Crippen molar-refractivity contribution in [2.45, 2.75) is 19.8 Å². The Morgan fingerprint density at radius 1 is 1.06 bits per heavy atom. The predicted octanol–water partition coefficient (Wildman–Crippen LogP) is 5.21. The van der Waals surface area contributed by atoms with Crippen LogP contribution in [0.3, 0.4) is 0 Å². The highest BCUT2D eigenvalue weighted by Crippen LogP contribution is 2.52. The summed E-state index contributed by atoms with van der Waals surface area (Å²) in [6.45, 7) is 3.82. The number of pyridine rings is 1. The van der Waals surface area contributed by atoms with Gasteiger partial charge in [0.1, 0.15) is 17.0 Å². The van der Waals surface area contributed by atoms with Gasteiger partial charge in [-0.15, -0.1) is 10.2 Å². The van der Waals surface area contributed by atoms with E-state index in [1.165, 1.54) is 11.3 Å². The van der Waals surface area contributed by atoms with Crippen molar-refractivity contribution >= 4 is 22.4 Å². The zero-order valence-corrected chi connectivity index (χ0v) is 18.3. The number of hydrogen-bond acceptors (Lipinski definition) is 7. The average Bonchev–Trinajstić information content (AvgIpc) is 3.30. The van der Waals surface area contributed by atoms with Gasteiger partial charge in [-0.25, -0.2) is 4.98 Å². The van der Waals surface area contributed by atoms with Crippen LogP contribution in [0, 0.1) is 5.41 Å². The number of aromatic nitrogens is 3. The van der Waals surface area contributed by atoms with Crippen molar-refractivity contribution in [3.63, 3.8) is 0 Å². The van der Waals surface area contributed by atoms with Crippen LogP contribution in [0.1, 0.15) is 30.9 Å². The van der Waals surface area contributed by atoms with Crippen molar-refractivity contribution in [3.8, 4) is 28.6 Å². The van der Waals surface area contributed by atoms with Gasteiger partial charge in [0, 0.05) is 22.6 Å². The van der Waals surface area contributed by atoms with Crippen molar-refractivity contribution in [1.29, 1.82) is 0 Å². The Morgan fingerprint density at radius 2 is 1.84 bits per heavy atom. The molecule has 0 saturated heterocycles. The second-order valence-electron chi connectivity index (χ2n) is 8.13. The van der Waals surface area contributed by atoms with Crippen molar-refractivity contribution in [2.24, 2.45) is 5.41 Å². The summed E-state index contributed by atoms with van der Waals surface area (Å²) in [4.78, 5) is 18.1. The maximum Gasteiger partial charge on any atom is 0.232 e. The second-order valence-corrected chi connectivity index (χ2v) is 8.96. The maximum absolute atomic E-state index is 13.3. The third-order valence-electron chi connectivity index (χ3n) is 5.69. The first-order chi connectivity index (χ1) is 15.4. The highest BCUT2D eigenvalue weighted by molar-refractivity contribution is 7.13. The Bertz CT molecular complexity index is 1290. The van der Waals surface area contributed by atoms with Crippen LogP contribution in [0.25, 0.3) is 11.3 Å². The van der Waals surface area contributed by atoms with E-state index in [-0.39, 0.29) is 17.6 Å². The summed E-state index contributed by atoms with van der Waals surface area (Å²) >= 11 is 1.28. The van der Waals surface area contributed by atoms with E-state index in [9.17, 15) is 9.90 Å². The molecule has 0 fully saturated rings. The highest BCUT2D eigenvalue weighted by atomic mass is 32.1. The van der Waals surface area contributed by atoms with Crippen molar-refractivity contribution in [2.75, 3.05) is 5.32 Å². The molecule has 2 aromatic heterocycles. The van der Waals surface area contributed by atoms with Crippen molar-refractivity contribution in [1.82, 2.24) is 15.2 Å². The van der Waals surface area contributed by atoms with E-state index >= 15 is 0 Å². The van der Waals surface area contributed by atoms with Crippen LogP contribution in [0.4, 0.5) is 5.13 Å². The molecule has 32 heavy (non-hydrogen) atoms. The van der Waals surface area contributed by atoms with Crippen LogP contribution in [-0.4, -0.2) is 26.2 Å². The zero-order chi connectivity index (χ0) is 22.3. The fourth-order valence-electron chi connectivity index (χ4n) is 4.02. The van der Waals surface area contributed by atoms with Gasteiger partial charge in [0.15, 0.2) is 0 Å². The number of para-hydroxylation sites is 1. The van der Waals surface area contributed by atoms with Gasteiger partial charge >= 0.3 is 0 Å². The molecular formula is C24H20N4O3S. The van der Waals surface area contributed by atoms with E-state index in [0.29, 0.717) is 16.8 Å². The molecule has 3 heterocycles. The number of hydrogen-bond donors (Lipinski definition) is 2. The molecule has 1 aliphatic rings. The van der Waals surface area contributed by atoms with Gasteiger partial charge in [0.25, 0.3) is 0 Å². The van der Waals surface area contributed by atoms with Crippen LogP contribution in [-0.2, 0) is 4.79 Å². The molecule has 0 unspecified atom stereocenters. The number of aromatic hydroxyl groups is 1. The quantitative estimate of drug-likeness (QED) is 0.449. The number of nitrogens with one attached hydrogen (secondary N) is 1. The molecule has 7 nitrogen and oxygen atoms in total. The number of anilines is 1.